The summed E-state index contributed by atoms with van der Waals surface area (Å²) in [6, 6.07) is 16.7. The average molecular weight is 508 g/mol. The lowest BCUT2D eigenvalue weighted by molar-refractivity contribution is -0.146. The minimum Gasteiger partial charge on any atom is -0.481 e. The molecule has 0 saturated heterocycles. The van der Waals surface area contributed by atoms with E-state index < -0.39 is 23.1 Å². The molecule has 3 aromatic rings. The standard InChI is InChI=1S/C26H25N3O4S2/c1-16-15-34-26(27-16)29-24(31)22(17-7-3-2-4-8-17)35-19-13-11-18(12-14-19)28-23(30)20-9-5-6-10-21(20)25(32)33/h2-8,11-15,20-22H,9-10H2,1H3,(H,28,30)(H,32,33)(H,27,29,31). The van der Waals surface area contributed by atoms with Gasteiger partial charge in [-0.05, 0) is 49.6 Å². The van der Waals surface area contributed by atoms with Crippen LogP contribution < -0.4 is 10.6 Å². The largest absolute Gasteiger partial charge is 0.481 e. The van der Waals surface area contributed by atoms with Crippen molar-refractivity contribution in [1.29, 1.82) is 0 Å². The van der Waals surface area contributed by atoms with E-state index in [1.54, 1.807) is 12.1 Å². The smallest absolute Gasteiger partial charge is 0.307 e. The number of benzene rings is 2. The van der Waals surface area contributed by atoms with Gasteiger partial charge in [-0.1, -0.05) is 42.5 Å². The fraction of sp³-hybridized carbons (Fsp3) is 0.231. The summed E-state index contributed by atoms with van der Waals surface area (Å²) in [5, 5.41) is 17.1. The lowest BCUT2D eigenvalue weighted by Crippen LogP contribution is -2.34. The van der Waals surface area contributed by atoms with Gasteiger partial charge in [0.2, 0.25) is 11.8 Å². The summed E-state index contributed by atoms with van der Waals surface area (Å²) in [4.78, 5) is 42.5. The van der Waals surface area contributed by atoms with Gasteiger partial charge in [-0.2, -0.15) is 0 Å². The second-order valence-electron chi connectivity index (χ2n) is 8.20. The lowest BCUT2D eigenvalue weighted by Gasteiger charge is -2.24. The molecule has 0 spiro atoms. The Kier molecular flexibility index (Phi) is 7.99. The van der Waals surface area contributed by atoms with Crippen LogP contribution in [0.15, 0.2) is 77.0 Å². The number of aliphatic carboxylic acids is 1. The zero-order valence-corrected chi connectivity index (χ0v) is 20.6. The van der Waals surface area contributed by atoms with Crippen molar-refractivity contribution >= 4 is 51.7 Å². The third-order valence-electron chi connectivity index (χ3n) is 5.65. The van der Waals surface area contributed by atoms with Crippen LogP contribution in [-0.4, -0.2) is 27.9 Å². The van der Waals surface area contributed by atoms with Gasteiger partial charge in [-0.3, -0.25) is 14.4 Å². The summed E-state index contributed by atoms with van der Waals surface area (Å²) in [6.07, 6.45) is 4.42. The number of rotatable bonds is 8. The first kappa shape index (κ1) is 24.7. The highest BCUT2D eigenvalue weighted by Gasteiger charge is 2.34. The van der Waals surface area contributed by atoms with Gasteiger partial charge in [0.25, 0.3) is 0 Å². The fourth-order valence-corrected chi connectivity index (χ4v) is 5.56. The number of thiazole rings is 1. The molecule has 1 aromatic heterocycles. The lowest BCUT2D eigenvalue weighted by atomic mass is 9.82. The van der Waals surface area contributed by atoms with E-state index in [2.05, 4.69) is 15.6 Å². The van der Waals surface area contributed by atoms with E-state index in [0.29, 0.717) is 23.7 Å². The number of carbonyl (C=O) groups is 3. The van der Waals surface area contributed by atoms with Crippen molar-refractivity contribution in [3.8, 4) is 0 Å². The quantitative estimate of drug-likeness (QED) is 0.273. The summed E-state index contributed by atoms with van der Waals surface area (Å²) in [7, 11) is 0. The van der Waals surface area contributed by atoms with Crippen molar-refractivity contribution in [3.05, 3.63) is 83.4 Å². The summed E-state index contributed by atoms with van der Waals surface area (Å²) in [5.41, 5.74) is 2.30. The summed E-state index contributed by atoms with van der Waals surface area (Å²) in [6.45, 7) is 1.88. The van der Waals surface area contributed by atoms with E-state index >= 15 is 0 Å². The minimum absolute atomic E-state index is 0.169. The Morgan fingerprint density at radius 2 is 1.69 bits per heavy atom. The van der Waals surface area contributed by atoms with Gasteiger partial charge in [-0.25, -0.2) is 4.98 Å². The van der Waals surface area contributed by atoms with Crippen LogP contribution in [-0.2, 0) is 14.4 Å². The Balaban J connectivity index is 1.45. The molecule has 0 fully saturated rings. The molecule has 3 atom stereocenters. The molecular weight excluding hydrogens is 482 g/mol. The van der Waals surface area contributed by atoms with Crippen molar-refractivity contribution in [1.82, 2.24) is 4.98 Å². The number of nitrogens with zero attached hydrogens (tertiary/aromatic N) is 1. The Morgan fingerprint density at radius 3 is 2.31 bits per heavy atom. The van der Waals surface area contributed by atoms with E-state index in [-0.39, 0.29) is 11.8 Å². The minimum atomic E-state index is -0.959. The van der Waals surface area contributed by atoms with Crippen LogP contribution in [0.2, 0.25) is 0 Å². The van der Waals surface area contributed by atoms with Crippen LogP contribution in [0, 0.1) is 18.8 Å². The van der Waals surface area contributed by atoms with Gasteiger partial charge in [0.1, 0.15) is 5.25 Å². The zero-order chi connectivity index (χ0) is 24.8. The molecule has 1 aliphatic carbocycles. The Hall–Kier alpha value is -3.43. The van der Waals surface area contributed by atoms with Crippen LogP contribution in [0.4, 0.5) is 10.8 Å². The van der Waals surface area contributed by atoms with E-state index in [1.807, 2.05) is 66.9 Å². The molecule has 1 heterocycles. The molecule has 0 bridgehead atoms. The number of carboxylic acid groups (broad SMARTS) is 1. The maximum absolute atomic E-state index is 13.1. The van der Waals surface area contributed by atoms with E-state index in [1.165, 1.54) is 23.1 Å². The topological polar surface area (TPSA) is 108 Å². The van der Waals surface area contributed by atoms with Crippen molar-refractivity contribution in [3.63, 3.8) is 0 Å². The molecule has 0 saturated carbocycles. The number of allylic oxidation sites excluding steroid dienone is 2. The summed E-state index contributed by atoms with van der Waals surface area (Å²) < 4.78 is 0. The summed E-state index contributed by atoms with van der Waals surface area (Å²) >= 11 is 2.79. The van der Waals surface area contributed by atoms with Crippen molar-refractivity contribution < 1.29 is 19.5 Å². The number of carboxylic acids is 1. The average Bonchev–Trinajstić information content (AvgIpc) is 3.28. The number of carbonyl (C=O) groups excluding carboxylic acids is 2. The van der Waals surface area contributed by atoms with Crippen LogP contribution in [0.5, 0.6) is 0 Å². The zero-order valence-electron chi connectivity index (χ0n) is 19.0. The van der Waals surface area contributed by atoms with Gasteiger partial charge >= 0.3 is 5.97 Å². The van der Waals surface area contributed by atoms with Gasteiger partial charge in [-0.15, -0.1) is 23.1 Å². The molecule has 0 aliphatic heterocycles. The number of hydrogen-bond donors (Lipinski definition) is 3. The highest BCUT2D eigenvalue weighted by molar-refractivity contribution is 8.00. The third kappa shape index (κ3) is 6.37. The predicted molar refractivity (Wildman–Crippen MR) is 139 cm³/mol. The molecule has 2 aromatic carbocycles. The molecule has 2 amide bonds. The SMILES string of the molecule is Cc1csc(NC(=O)C(Sc2ccc(NC(=O)C3CC=CCC3C(=O)O)cc2)c2ccccc2)n1. The molecule has 1 aliphatic rings. The van der Waals surface area contributed by atoms with Gasteiger partial charge in [0.15, 0.2) is 5.13 Å². The molecule has 0 radical (unpaired) electrons. The number of hydrogen-bond acceptors (Lipinski definition) is 6. The van der Waals surface area contributed by atoms with Crippen molar-refractivity contribution in [2.24, 2.45) is 11.8 Å². The van der Waals surface area contributed by atoms with Crippen LogP contribution in [0.3, 0.4) is 0 Å². The Morgan fingerprint density at radius 1 is 1.00 bits per heavy atom. The first-order chi connectivity index (χ1) is 16.9. The molecule has 9 heteroatoms. The molecule has 3 N–H and O–H groups in total. The van der Waals surface area contributed by atoms with E-state index in [9.17, 15) is 19.5 Å². The maximum Gasteiger partial charge on any atom is 0.307 e. The number of amides is 2. The number of aromatic nitrogens is 1. The van der Waals surface area contributed by atoms with Gasteiger partial charge < -0.3 is 15.7 Å². The van der Waals surface area contributed by atoms with E-state index in [4.69, 9.17) is 0 Å². The Labute approximate surface area is 211 Å². The molecule has 7 nitrogen and oxygen atoms in total. The number of anilines is 2. The molecular formula is C26H25N3O4S2. The monoisotopic (exact) mass is 507 g/mol. The fourth-order valence-electron chi connectivity index (χ4n) is 3.85. The van der Waals surface area contributed by atoms with Crippen molar-refractivity contribution in [2.75, 3.05) is 10.6 Å². The molecule has 3 unspecified atom stereocenters. The van der Waals surface area contributed by atoms with Crippen LogP contribution in [0.1, 0.15) is 29.3 Å². The first-order valence-electron chi connectivity index (χ1n) is 11.1. The highest BCUT2D eigenvalue weighted by atomic mass is 32.2. The number of aryl methyl sites for hydroxylation is 1. The number of thioether (sulfide) groups is 1. The van der Waals surface area contributed by atoms with E-state index in [0.717, 1.165) is 16.2 Å². The van der Waals surface area contributed by atoms with Crippen molar-refractivity contribution in [2.45, 2.75) is 29.9 Å². The number of nitrogens with one attached hydrogen (secondary N) is 2. The second-order valence-corrected chi connectivity index (χ2v) is 10.2. The highest BCUT2D eigenvalue weighted by Crippen LogP contribution is 2.37. The normalized spacial score (nSPS) is 18.0. The third-order valence-corrected chi connectivity index (χ3v) is 7.79. The first-order valence-corrected chi connectivity index (χ1v) is 12.9. The second kappa shape index (κ2) is 11.3. The van der Waals surface area contributed by atoms with Crippen LogP contribution in [0.25, 0.3) is 0 Å². The summed E-state index contributed by atoms with van der Waals surface area (Å²) in [5.74, 6) is -2.76. The maximum atomic E-state index is 13.1. The predicted octanol–water partition coefficient (Wildman–Crippen LogP) is 5.53. The van der Waals surface area contributed by atoms with Crippen LogP contribution >= 0.6 is 23.1 Å². The molecule has 35 heavy (non-hydrogen) atoms. The molecule has 180 valence electrons. The Bertz CT molecular complexity index is 1220. The van der Waals surface area contributed by atoms with Gasteiger partial charge in [0.05, 0.1) is 17.5 Å². The van der Waals surface area contributed by atoms with Gasteiger partial charge in [0, 0.05) is 16.0 Å². The molecule has 4 rings (SSSR count).